The summed E-state index contributed by atoms with van der Waals surface area (Å²) in [6, 6.07) is 17.3. The molecule has 0 N–H and O–H groups in total. The van der Waals surface area contributed by atoms with E-state index in [1.807, 2.05) is 59.5 Å². The second-order valence-electron chi connectivity index (χ2n) is 7.49. The van der Waals surface area contributed by atoms with Gasteiger partial charge in [-0.25, -0.2) is 0 Å². The number of ether oxygens (including phenoxy) is 3. The number of pyridine rings is 2. The number of hydrogen-bond acceptors (Lipinski definition) is 6. The molecule has 0 radical (unpaired) electrons. The van der Waals surface area contributed by atoms with Gasteiger partial charge in [0.25, 0.3) is 0 Å². The van der Waals surface area contributed by atoms with Crippen LogP contribution in [-0.4, -0.2) is 47.1 Å². The molecule has 0 atom stereocenters. The molecule has 1 fully saturated rings. The van der Waals surface area contributed by atoms with Gasteiger partial charge in [-0.1, -0.05) is 18.2 Å². The fraction of sp³-hybridized carbons (Fsp3) is 0.320. The third-order valence-electron chi connectivity index (χ3n) is 5.20. The summed E-state index contributed by atoms with van der Waals surface area (Å²) in [4.78, 5) is 23.0. The van der Waals surface area contributed by atoms with E-state index in [-0.39, 0.29) is 5.91 Å². The lowest BCUT2D eigenvalue weighted by Crippen LogP contribution is -2.40. The number of benzene rings is 1. The molecule has 7 heteroatoms. The van der Waals surface area contributed by atoms with E-state index in [9.17, 15) is 4.79 Å². The van der Waals surface area contributed by atoms with Crippen molar-refractivity contribution in [3.8, 4) is 11.5 Å². The number of aryl methyl sites for hydroxylation is 1. The van der Waals surface area contributed by atoms with Crippen molar-refractivity contribution in [3.05, 3.63) is 83.9 Å². The number of hydrogen-bond donors (Lipinski definition) is 0. The summed E-state index contributed by atoms with van der Waals surface area (Å²) in [5.41, 5.74) is 2.69. The molecule has 0 unspecified atom stereocenters. The van der Waals surface area contributed by atoms with Crippen LogP contribution in [0.2, 0.25) is 0 Å². The molecule has 4 rings (SSSR count). The summed E-state index contributed by atoms with van der Waals surface area (Å²) in [5.74, 6) is 1.41. The van der Waals surface area contributed by atoms with Crippen LogP contribution in [0.25, 0.3) is 0 Å². The standard InChI is InChI=1S/C25H27N3O4/c29-25(28-13-15-30-16-14-28)10-8-20-7-9-23(31-18-21-5-1-3-11-26-21)24(17-20)32-19-22-6-2-4-12-27-22/h1-7,9,11-12,17H,8,10,13-16,18-19H2. The van der Waals surface area contributed by atoms with Gasteiger partial charge < -0.3 is 19.1 Å². The van der Waals surface area contributed by atoms with Gasteiger partial charge in [0, 0.05) is 31.9 Å². The highest BCUT2D eigenvalue weighted by molar-refractivity contribution is 5.76. The molecule has 1 saturated heterocycles. The molecule has 32 heavy (non-hydrogen) atoms. The van der Waals surface area contributed by atoms with E-state index in [0.29, 0.717) is 63.9 Å². The van der Waals surface area contributed by atoms with Crippen LogP contribution >= 0.6 is 0 Å². The minimum Gasteiger partial charge on any atom is -0.483 e. The van der Waals surface area contributed by atoms with Crippen LogP contribution in [0, 0.1) is 0 Å². The van der Waals surface area contributed by atoms with E-state index >= 15 is 0 Å². The fourth-order valence-corrected chi connectivity index (χ4v) is 3.43. The second kappa shape index (κ2) is 11.2. The maximum absolute atomic E-state index is 12.5. The zero-order valence-electron chi connectivity index (χ0n) is 18.0. The lowest BCUT2D eigenvalue weighted by Gasteiger charge is -2.26. The van der Waals surface area contributed by atoms with Crippen molar-refractivity contribution in [3.63, 3.8) is 0 Å². The van der Waals surface area contributed by atoms with Crippen LogP contribution in [0.4, 0.5) is 0 Å². The van der Waals surface area contributed by atoms with Crippen LogP contribution in [-0.2, 0) is 29.2 Å². The van der Waals surface area contributed by atoms with Gasteiger partial charge in [-0.2, -0.15) is 0 Å². The number of aromatic nitrogens is 2. The smallest absolute Gasteiger partial charge is 0.223 e. The van der Waals surface area contributed by atoms with Crippen molar-refractivity contribution in [2.45, 2.75) is 26.1 Å². The second-order valence-corrected chi connectivity index (χ2v) is 7.49. The molecule has 3 heterocycles. The van der Waals surface area contributed by atoms with Crippen LogP contribution in [0.1, 0.15) is 23.4 Å². The Morgan fingerprint density at radius 1 is 0.875 bits per heavy atom. The van der Waals surface area contributed by atoms with Gasteiger partial charge in [0.1, 0.15) is 13.2 Å². The molecule has 0 saturated carbocycles. The largest absolute Gasteiger partial charge is 0.483 e. The molecule has 166 valence electrons. The first-order valence-electron chi connectivity index (χ1n) is 10.8. The Labute approximate surface area is 188 Å². The van der Waals surface area contributed by atoms with E-state index < -0.39 is 0 Å². The summed E-state index contributed by atoms with van der Waals surface area (Å²) in [6.45, 7) is 3.22. The fourth-order valence-electron chi connectivity index (χ4n) is 3.43. The summed E-state index contributed by atoms with van der Waals surface area (Å²) in [7, 11) is 0. The Morgan fingerprint density at radius 3 is 2.16 bits per heavy atom. The Balaban J connectivity index is 1.43. The lowest BCUT2D eigenvalue weighted by atomic mass is 10.1. The topological polar surface area (TPSA) is 73.8 Å². The number of morpholine rings is 1. The molecule has 3 aromatic rings. The van der Waals surface area contributed by atoms with Crippen LogP contribution < -0.4 is 9.47 Å². The van der Waals surface area contributed by atoms with Crippen LogP contribution in [0.5, 0.6) is 11.5 Å². The van der Waals surface area contributed by atoms with Crippen molar-refractivity contribution in [2.75, 3.05) is 26.3 Å². The molecule has 0 spiro atoms. The summed E-state index contributed by atoms with van der Waals surface area (Å²) in [5, 5.41) is 0. The van der Waals surface area contributed by atoms with Crippen molar-refractivity contribution < 1.29 is 19.0 Å². The molecule has 0 aliphatic carbocycles. The van der Waals surface area contributed by atoms with Crippen LogP contribution in [0.3, 0.4) is 0 Å². The van der Waals surface area contributed by atoms with Gasteiger partial charge in [-0.15, -0.1) is 0 Å². The highest BCUT2D eigenvalue weighted by Crippen LogP contribution is 2.30. The van der Waals surface area contributed by atoms with Gasteiger partial charge in [0.05, 0.1) is 24.6 Å². The van der Waals surface area contributed by atoms with E-state index in [2.05, 4.69) is 9.97 Å². The number of nitrogens with zero attached hydrogens (tertiary/aromatic N) is 3. The van der Waals surface area contributed by atoms with Crippen molar-refractivity contribution >= 4 is 5.91 Å². The van der Waals surface area contributed by atoms with Gasteiger partial charge in [-0.3, -0.25) is 14.8 Å². The molecular formula is C25H27N3O4. The molecule has 1 aliphatic rings. The Kier molecular flexibility index (Phi) is 7.65. The molecule has 2 aromatic heterocycles. The third kappa shape index (κ3) is 6.28. The first-order valence-corrected chi connectivity index (χ1v) is 10.8. The van der Waals surface area contributed by atoms with Gasteiger partial charge >= 0.3 is 0 Å². The Hall–Kier alpha value is -3.45. The average Bonchev–Trinajstić information content (AvgIpc) is 2.87. The average molecular weight is 434 g/mol. The van der Waals surface area contributed by atoms with Gasteiger partial charge in [0.2, 0.25) is 5.91 Å². The number of carbonyl (C=O) groups is 1. The first-order chi connectivity index (χ1) is 15.8. The van der Waals surface area contributed by atoms with E-state index in [4.69, 9.17) is 14.2 Å². The predicted molar refractivity (Wildman–Crippen MR) is 119 cm³/mol. The molecule has 1 amide bonds. The van der Waals surface area contributed by atoms with E-state index in [1.54, 1.807) is 12.4 Å². The zero-order valence-corrected chi connectivity index (χ0v) is 18.0. The Bertz CT molecular complexity index is 993. The molecule has 0 bridgehead atoms. The maximum Gasteiger partial charge on any atom is 0.223 e. The minimum absolute atomic E-state index is 0.153. The highest BCUT2D eigenvalue weighted by Gasteiger charge is 2.17. The van der Waals surface area contributed by atoms with Gasteiger partial charge in [-0.05, 0) is 48.4 Å². The molecular weight excluding hydrogens is 406 g/mol. The van der Waals surface area contributed by atoms with Crippen LogP contribution in [0.15, 0.2) is 67.0 Å². The van der Waals surface area contributed by atoms with E-state index in [1.165, 1.54) is 0 Å². The number of amides is 1. The lowest BCUT2D eigenvalue weighted by molar-refractivity contribution is -0.135. The molecule has 1 aromatic carbocycles. The van der Waals surface area contributed by atoms with Crippen molar-refractivity contribution in [1.29, 1.82) is 0 Å². The minimum atomic E-state index is 0.153. The first kappa shape index (κ1) is 21.8. The van der Waals surface area contributed by atoms with Gasteiger partial charge in [0.15, 0.2) is 11.5 Å². The highest BCUT2D eigenvalue weighted by atomic mass is 16.5. The predicted octanol–water partition coefficient (Wildman–Crippen LogP) is 3.43. The molecule has 7 nitrogen and oxygen atoms in total. The quantitative estimate of drug-likeness (QED) is 0.515. The van der Waals surface area contributed by atoms with E-state index in [0.717, 1.165) is 17.0 Å². The molecule has 1 aliphatic heterocycles. The summed E-state index contributed by atoms with van der Waals surface area (Å²) in [6.07, 6.45) is 4.57. The number of rotatable bonds is 9. The van der Waals surface area contributed by atoms with Crippen molar-refractivity contribution in [2.24, 2.45) is 0 Å². The Morgan fingerprint density at radius 2 is 1.53 bits per heavy atom. The summed E-state index contributed by atoms with van der Waals surface area (Å²) >= 11 is 0. The number of carbonyl (C=O) groups excluding carboxylic acids is 1. The summed E-state index contributed by atoms with van der Waals surface area (Å²) < 4.78 is 17.4. The zero-order chi connectivity index (χ0) is 22.0. The van der Waals surface area contributed by atoms with Crippen molar-refractivity contribution in [1.82, 2.24) is 14.9 Å². The monoisotopic (exact) mass is 433 g/mol. The third-order valence-corrected chi connectivity index (χ3v) is 5.20. The maximum atomic E-state index is 12.5. The SMILES string of the molecule is O=C(CCc1ccc(OCc2ccccn2)c(OCc2ccccn2)c1)N1CCOCC1. The normalized spacial score (nSPS) is 13.6.